The number of thioether (sulfide) groups is 1. The van der Waals surface area contributed by atoms with Crippen LogP contribution in [0.5, 0.6) is 0 Å². The van der Waals surface area contributed by atoms with Crippen LogP contribution in [0.3, 0.4) is 0 Å². The molecule has 2 aliphatic rings. The first kappa shape index (κ1) is 15.4. The molecule has 2 fully saturated rings. The Balaban J connectivity index is 1.50. The van der Waals surface area contributed by atoms with E-state index < -0.39 is 0 Å². The number of piperazine rings is 1. The molecule has 116 valence electrons. The molecule has 1 aliphatic heterocycles. The van der Waals surface area contributed by atoms with E-state index in [2.05, 4.69) is 47.5 Å². The van der Waals surface area contributed by atoms with Crippen molar-refractivity contribution >= 4 is 11.8 Å². The topological polar surface area (TPSA) is 15.3 Å². The summed E-state index contributed by atoms with van der Waals surface area (Å²) in [6.07, 6.45) is 5.51. The van der Waals surface area contributed by atoms with Crippen LogP contribution >= 0.6 is 11.8 Å². The van der Waals surface area contributed by atoms with Gasteiger partial charge in [-0.25, -0.2) is 0 Å². The van der Waals surface area contributed by atoms with Gasteiger partial charge in [-0.2, -0.15) is 0 Å². The van der Waals surface area contributed by atoms with E-state index in [1.54, 1.807) is 0 Å². The van der Waals surface area contributed by atoms with E-state index in [1.807, 2.05) is 11.8 Å². The lowest BCUT2D eigenvalue weighted by atomic mass is 10.0. The smallest absolute Gasteiger partial charge is 0.0249 e. The molecule has 0 aromatic heterocycles. The minimum atomic E-state index is 0.715. The maximum absolute atomic E-state index is 3.78. The average Bonchev–Trinajstić information content (AvgIpc) is 3.34. The molecule has 1 aliphatic carbocycles. The third kappa shape index (κ3) is 4.48. The summed E-state index contributed by atoms with van der Waals surface area (Å²) < 4.78 is 0. The van der Waals surface area contributed by atoms with Crippen LogP contribution < -0.4 is 5.32 Å². The van der Waals surface area contributed by atoms with E-state index in [-0.39, 0.29) is 0 Å². The quantitative estimate of drug-likeness (QED) is 0.774. The van der Waals surface area contributed by atoms with Crippen molar-refractivity contribution in [3.05, 3.63) is 30.3 Å². The molecule has 2 atom stereocenters. The molecule has 2 unspecified atom stereocenters. The van der Waals surface area contributed by atoms with Gasteiger partial charge in [0.2, 0.25) is 0 Å². The summed E-state index contributed by atoms with van der Waals surface area (Å²) in [6, 6.07) is 12.3. The summed E-state index contributed by atoms with van der Waals surface area (Å²) in [5.74, 6) is 2.19. The highest BCUT2D eigenvalue weighted by Gasteiger charge is 2.38. The predicted molar refractivity (Wildman–Crippen MR) is 91.9 cm³/mol. The minimum Gasteiger partial charge on any atom is -0.311 e. The largest absolute Gasteiger partial charge is 0.311 e. The SMILES string of the molecule is CCCC1CN(CCSc2ccccc2)C(C2CC2)CN1. The number of nitrogens with one attached hydrogen (secondary N) is 1. The number of hydrogen-bond acceptors (Lipinski definition) is 3. The molecule has 0 spiro atoms. The summed E-state index contributed by atoms with van der Waals surface area (Å²) >= 11 is 2.00. The number of nitrogens with zero attached hydrogens (tertiary/aromatic N) is 1. The fraction of sp³-hybridized carbons (Fsp3) is 0.667. The molecule has 1 heterocycles. The van der Waals surface area contributed by atoms with Crippen molar-refractivity contribution in [2.75, 3.05) is 25.4 Å². The molecule has 3 heteroatoms. The van der Waals surface area contributed by atoms with E-state index in [0.717, 1.165) is 12.0 Å². The Hall–Kier alpha value is -0.510. The van der Waals surface area contributed by atoms with Crippen molar-refractivity contribution in [3.8, 4) is 0 Å². The van der Waals surface area contributed by atoms with Crippen molar-refractivity contribution < 1.29 is 0 Å². The average molecular weight is 305 g/mol. The van der Waals surface area contributed by atoms with Crippen LogP contribution in [0, 0.1) is 5.92 Å². The molecule has 1 N–H and O–H groups in total. The van der Waals surface area contributed by atoms with Crippen LogP contribution in [0.25, 0.3) is 0 Å². The summed E-state index contributed by atoms with van der Waals surface area (Å²) in [7, 11) is 0. The van der Waals surface area contributed by atoms with E-state index in [0.29, 0.717) is 6.04 Å². The summed E-state index contributed by atoms with van der Waals surface area (Å²) in [6.45, 7) is 6.00. The Morgan fingerprint density at radius 2 is 2.05 bits per heavy atom. The normalized spacial score (nSPS) is 26.9. The summed E-state index contributed by atoms with van der Waals surface area (Å²) in [4.78, 5) is 4.19. The maximum atomic E-state index is 3.78. The fourth-order valence-corrected chi connectivity index (χ4v) is 4.35. The molecule has 1 saturated carbocycles. The molecule has 0 amide bonds. The third-order valence-electron chi connectivity index (χ3n) is 4.73. The maximum Gasteiger partial charge on any atom is 0.0249 e. The molecule has 1 saturated heterocycles. The Kier molecular flexibility index (Phi) is 5.61. The second kappa shape index (κ2) is 7.66. The van der Waals surface area contributed by atoms with Crippen LogP contribution in [-0.4, -0.2) is 42.4 Å². The number of hydrogen-bond donors (Lipinski definition) is 1. The van der Waals surface area contributed by atoms with Gasteiger partial charge in [0.05, 0.1) is 0 Å². The lowest BCUT2D eigenvalue weighted by Crippen LogP contribution is -2.57. The zero-order valence-corrected chi connectivity index (χ0v) is 13.9. The van der Waals surface area contributed by atoms with Gasteiger partial charge in [-0.1, -0.05) is 31.5 Å². The van der Waals surface area contributed by atoms with Crippen LogP contribution in [-0.2, 0) is 0 Å². The molecule has 2 nitrogen and oxygen atoms in total. The van der Waals surface area contributed by atoms with Crippen molar-refractivity contribution in [2.45, 2.75) is 49.6 Å². The van der Waals surface area contributed by atoms with Gasteiger partial charge >= 0.3 is 0 Å². The van der Waals surface area contributed by atoms with Gasteiger partial charge in [0.15, 0.2) is 0 Å². The van der Waals surface area contributed by atoms with Gasteiger partial charge in [0.25, 0.3) is 0 Å². The zero-order chi connectivity index (χ0) is 14.5. The highest BCUT2D eigenvalue weighted by atomic mass is 32.2. The first-order chi connectivity index (χ1) is 10.4. The third-order valence-corrected chi connectivity index (χ3v) is 5.73. The second-order valence-electron chi connectivity index (χ2n) is 6.46. The van der Waals surface area contributed by atoms with Gasteiger partial charge in [-0.3, -0.25) is 4.90 Å². The molecular weight excluding hydrogens is 276 g/mol. The van der Waals surface area contributed by atoms with E-state index >= 15 is 0 Å². The Morgan fingerprint density at radius 3 is 2.76 bits per heavy atom. The van der Waals surface area contributed by atoms with E-state index in [4.69, 9.17) is 0 Å². The first-order valence-electron chi connectivity index (χ1n) is 8.52. The molecule has 0 radical (unpaired) electrons. The summed E-state index contributed by atoms with van der Waals surface area (Å²) in [5, 5.41) is 3.78. The Labute approximate surface area is 133 Å². The lowest BCUT2D eigenvalue weighted by molar-refractivity contribution is 0.119. The van der Waals surface area contributed by atoms with E-state index in [1.165, 1.54) is 56.0 Å². The Morgan fingerprint density at radius 1 is 1.24 bits per heavy atom. The van der Waals surface area contributed by atoms with Crippen LogP contribution in [0.1, 0.15) is 32.6 Å². The lowest BCUT2D eigenvalue weighted by Gasteiger charge is -2.41. The molecule has 3 rings (SSSR count). The first-order valence-corrected chi connectivity index (χ1v) is 9.50. The molecule has 1 aromatic rings. The van der Waals surface area contributed by atoms with Crippen molar-refractivity contribution in [3.63, 3.8) is 0 Å². The second-order valence-corrected chi connectivity index (χ2v) is 7.62. The summed E-state index contributed by atoms with van der Waals surface area (Å²) in [5.41, 5.74) is 0. The van der Waals surface area contributed by atoms with Gasteiger partial charge in [0, 0.05) is 42.4 Å². The fourth-order valence-electron chi connectivity index (χ4n) is 3.44. The van der Waals surface area contributed by atoms with Crippen molar-refractivity contribution in [1.29, 1.82) is 0 Å². The van der Waals surface area contributed by atoms with Gasteiger partial charge in [-0.15, -0.1) is 11.8 Å². The monoisotopic (exact) mass is 304 g/mol. The van der Waals surface area contributed by atoms with Crippen molar-refractivity contribution in [1.82, 2.24) is 10.2 Å². The van der Waals surface area contributed by atoms with Gasteiger partial charge < -0.3 is 5.32 Å². The highest BCUT2D eigenvalue weighted by molar-refractivity contribution is 7.99. The molecular formula is C18H28N2S. The van der Waals surface area contributed by atoms with Gasteiger partial charge in [0.1, 0.15) is 0 Å². The minimum absolute atomic E-state index is 0.715. The van der Waals surface area contributed by atoms with Crippen molar-refractivity contribution in [2.24, 2.45) is 5.92 Å². The molecule has 21 heavy (non-hydrogen) atoms. The molecule has 1 aromatic carbocycles. The standard InChI is InChI=1S/C18H28N2S/c1-2-6-16-14-20(18(13-19-16)15-9-10-15)11-12-21-17-7-4-3-5-8-17/h3-5,7-8,15-16,18-19H,2,6,9-14H2,1H3. The van der Waals surface area contributed by atoms with E-state index in [9.17, 15) is 0 Å². The number of benzene rings is 1. The molecule has 0 bridgehead atoms. The van der Waals surface area contributed by atoms with Crippen LogP contribution in [0.2, 0.25) is 0 Å². The zero-order valence-electron chi connectivity index (χ0n) is 13.1. The van der Waals surface area contributed by atoms with Gasteiger partial charge in [-0.05, 0) is 37.3 Å². The van der Waals surface area contributed by atoms with Crippen LogP contribution in [0.15, 0.2) is 35.2 Å². The van der Waals surface area contributed by atoms with Crippen LogP contribution in [0.4, 0.5) is 0 Å². The predicted octanol–water partition coefficient (Wildman–Crippen LogP) is 3.63. The Bertz CT molecular complexity index is 418. The number of rotatable bonds is 7. The highest BCUT2D eigenvalue weighted by Crippen LogP contribution is 2.36.